The number of halogens is 1. The predicted octanol–water partition coefficient (Wildman–Crippen LogP) is 3.40. The van der Waals surface area contributed by atoms with E-state index in [9.17, 15) is 0 Å². The van der Waals surface area contributed by atoms with Crippen LogP contribution in [0.2, 0.25) is 5.02 Å². The van der Waals surface area contributed by atoms with Gasteiger partial charge in [-0.15, -0.1) is 11.3 Å². The number of hydrogen-bond donors (Lipinski definition) is 1. The van der Waals surface area contributed by atoms with Crippen LogP contribution in [0.4, 0.5) is 0 Å². The molecule has 1 aliphatic rings. The fourth-order valence-electron chi connectivity index (χ4n) is 2.63. The lowest BCUT2D eigenvalue weighted by Crippen LogP contribution is -2.31. The van der Waals surface area contributed by atoms with Crippen LogP contribution in [0.15, 0.2) is 23.6 Å². The summed E-state index contributed by atoms with van der Waals surface area (Å²) in [5, 5.41) is 7.81. The van der Waals surface area contributed by atoms with Crippen molar-refractivity contribution in [2.45, 2.75) is 32.2 Å². The molecule has 0 aliphatic heterocycles. The summed E-state index contributed by atoms with van der Waals surface area (Å²) >= 11 is 7.78. The van der Waals surface area contributed by atoms with Gasteiger partial charge in [0, 0.05) is 35.1 Å². The summed E-state index contributed by atoms with van der Waals surface area (Å²) in [5.74, 6) is 0. The lowest BCUT2D eigenvalue weighted by atomic mass is 10.1. The summed E-state index contributed by atoms with van der Waals surface area (Å²) in [6, 6.07) is 6.79. The van der Waals surface area contributed by atoms with Crippen molar-refractivity contribution in [1.29, 1.82) is 0 Å². The highest BCUT2D eigenvalue weighted by atomic mass is 35.5. The molecule has 0 saturated heterocycles. The number of nitrogens with zero attached hydrogens (tertiary/aromatic N) is 1. The maximum atomic E-state index is 6.03. The van der Waals surface area contributed by atoms with E-state index in [0.29, 0.717) is 6.04 Å². The molecular formula is C15H17ClN2S. The number of hydrogen-bond acceptors (Lipinski definition) is 3. The highest BCUT2D eigenvalue weighted by Crippen LogP contribution is 2.25. The highest BCUT2D eigenvalue weighted by Gasteiger charge is 2.20. The molecule has 1 aromatic heterocycles. The molecule has 0 bridgehead atoms. The molecule has 0 spiro atoms. The third kappa shape index (κ3) is 3.16. The van der Waals surface area contributed by atoms with Gasteiger partial charge in [-0.05, 0) is 43.0 Å². The zero-order chi connectivity index (χ0) is 13.2. The maximum absolute atomic E-state index is 6.03. The van der Waals surface area contributed by atoms with Crippen molar-refractivity contribution in [1.82, 2.24) is 10.3 Å². The number of aromatic nitrogens is 1. The van der Waals surface area contributed by atoms with Crippen molar-refractivity contribution in [3.63, 3.8) is 0 Å². The van der Waals surface area contributed by atoms with Gasteiger partial charge < -0.3 is 5.32 Å². The second kappa shape index (κ2) is 5.61. The average molecular weight is 293 g/mol. The van der Waals surface area contributed by atoms with E-state index in [1.807, 2.05) is 13.0 Å². The fraction of sp³-hybridized carbons (Fsp3) is 0.400. The first kappa shape index (κ1) is 13.1. The van der Waals surface area contributed by atoms with Crippen LogP contribution in [0.3, 0.4) is 0 Å². The predicted molar refractivity (Wildman–Crippen MR) is 81.2 cm³/mol. The Balaban J connectivity index is 1.51. The van der Waals surface area contributed by atoms with Crippen LogP contribution in [0.5, 0.6) is 0 Å². The number of aryl methyl sites for hydroxylation is 1. The number of fused-ring (bicyclic) bond motifs is 1. The Morgan fingerprint density at radius 2 is 2.21 bits per heavy atom. The first-order valence-corrected chi connectivity index (χ1v) is 7.88. The summed E-state index contributed by atoms with van der Waals surface area (Å²) in [5.41, 5.74) is 3.96. The Morgan fingerprint density at radius 1 is 1.37 bits per heavy atom. The van der Waals surface area contributed by atoms with Crippen molar-refractivity contribution >= 4 is 22.9 Å². The van der Waals surface area contributed by atoms with Crippen LogP contribution in [0.25, 0.3) is 0 Å². The zero-order valence-corrected chi connectivity index (χ0v) is 12.5. The molecule has 3 rings (SSSR count). The molecule has 0 amide bonds. The fourth-order valence-corrected chi connectivity index (χ4v) is 3.60. The van der Waals surface area contributed by atoms with Crippen LogP contribution < -0.4 is 5.32 Å². The van der Waals surface area contributed by atoms with Gasteiger partial charge in [0.1, 0.15) is 0 Å². The van der Waals surface area contributed by atoms with Gasteiger partial charge in [-0.25, -0.2) is 4.98 Å². The summed E-state index contributed by atoms with van der Waals surface area (Å²) in [4.78, 5) is 4.49. The second-order valence-electron chi connectivity index (χ2n) is 5.10. The number of benzene rings is 1. The van der Waals surface area contributed by atoms with Gasteiger partial charge in [-0.3, -0.25) is 0 Å². The molecule has 1 aliphatic carbocycles. The molecule has 19 heavy (non-hydrogen) atoms. The molecular weight excluding hydrogens is 276 g/mol. The molecule has 2 aromatic rings. The van der Waals surface area contributed by atoms with Crippen LogP contribution in [-0.4, -0.2) is 17.6 Å². The van der Waals surface area contributed by atoms with E-state index in [0.717, 1.165) is 36.5 Å². The Morgan fingerprint density at radius 3 is 3.00 bits per heavy atom. The molecule has 4 heteroatoms. The van der Waals surface area contributed by atoms with Gasteiger partial charge in [0.25, 0.3) is 0 Å². The topological polar surface area (TPSA) is 24.9 Å². The quantitative estimate of drug-likeness (QED) is 0.934. The molecule has 0 radical (unpaired) electrons. The van der Waals surface area contributed by atoms with E-state index in [-0.39, 0.29) is 0 Å². The Bertz CT molecular complexity index is 579. The Kier molecular flexibility index (Phi) is 3.87. The van der Waals surface area contributed by atoms with Gasteiger partial charge in [-0.2, -0.15) is 0 Å². The standard InChI is InChI=1S/C15H17ClN2S/c1-10-9-19-15(18-10)4-5-17-14-7-11-2-3-13(16)6-12(11)8-14/h2-3,6,9,14,17H,4-5,7-8H2,1H3. The Labute approximate surface area is 122 Å². The van der Waals surface area contributed by atoms with Crippen molar-refractivity contribution in [2.24, 2.45) is 0 Å². The van der Waals surface area contributed by atoms with Crippen LogP contribution in [0.1, 0.15) is 21.8 Å². The Hall–Kier alpha value is -0.900. The summed E-state index contributed by atoms with van der Waals surface area (Å²) in [7, 11) is 0. The number of rotatable bonds is 4. The molecule has 1 heterocycles. The summed E-state index contributed by atoms with van der Waals surface area (Å²) in [6.07, 6.45) is 3.22. The molecule has 0 fully saturated rings. The number of thiazole rings is 1. The molecule has 1 atom stereocenters. The van der Waals surface area contributed by atoms with Gasteiger partial charge in [0.05, 0.1) is 5.01 Å². The zero-order valence-electron chi connectivity index (χ0n) is 10.9. The minimum Gasteiger partial charge on any atom is -0.313 e. The highest BCUT2D eigenvalue weighted by molar-refractivity contribution is 7.09. The minimum atomic E-state index is 0.550. The number of nitrogens with one attached hydrogen (secondary N) is 1. The first-order valence-electron chi connectivity index (χ1n) is 6.62. The van der Waals surface area contributed by atoms with E-state index >= 15 is 0 Å². The molecule has 100 valence electrons. The smallest absolute Gasteiger partial charge is 0.0940 e. The van der Waals surface area contributed by atoms with Crippen molar-refractivity contribution < 1.29 is 0 Å². The SMILES string of the molecule is Cc1csc(CCNC2Cc3ccc(Cl)cc3C2)n1. The molecule has 1 aromatic carbocycles. The van der Waals surface area contributed by atoms with E-state index in [1.54, 1.807) is 11.3 Å². The molecule has 1 unspecified atom stereocenters. The van der Waals surface area contributed by atoms with E-state index in [4.69, 9.17) is 11.6 Å². The van der Waals surface area contributed by atoms with Gasteiger partial charge in [0.15, 0.2) is 0 Å². The first-order chi connectivity index (χ1) is 9.20. The van der Waals surface area contributed by atoms with Gasteiger partial charge in [-0.1, -0.05) is 17.7 Å². The van der Waals surface area contributed by atoms with Crippen molar-refractivity contribution in [2.75, 3.05) is 6.54 Å². The van der Waals surface area contributed by atoms with Crippen LogP contribution >= 0.6 is 22.9 Å². The van der Waals surface area contributed by atoms with Crippen molar-refractivity contribution in [3.05, 3.63) is 50.4 Å². The lowest BCUT2D eigenvalue weighted by molar-refractivity contribution is 0.536. The summed E-state index contributed by atoms with van der Waals surface area (Å²) < 4.78 is 0. The lowest BCUT2D eigenvalue weighted by Gasteiger charge is -2.10. The van der Waals surface area contributed by atoms with Crippen LogP contribution in [0, 0.1) is 6.92 Å². The second-order valence-corrected chi connectivity index (χ2v) is 6.48. The van der Waals surface area contributed by atoms with Crippen LogP contribution in [-0.2, 0) is 19.3 Å². The van der Waals surface area contributed by atoms with E-state index in [2.05, 4.69) is 27.8 Å². The van der Waals surface area contributed by atoms with E-state index < -0.39 is 0 Å². The summed E-state index contributed by atoms with van der Waals surface area (Å²) in [6.45, 7) is 3.05. The van der Waals surface area contributed by atoms with E-state index in [1.165, 1.54) is 16.1 Å². The normalized spacial score (nSPS) is 17.7. The largest absolute Gasteiger partial charge is 0.313 e. The van der Waals surface area contributed by atoms with Gasteiger partial charge in [0.2, 0.25) is 0 Å². The molecule has 2 nitrogen and oxygen atoms in total. The molecule has 1 N–H and O–H groups in total. The maximum Gasteiger partial charge on any atom is 0.0940 e. The molecule has 0 saturated carbocycles. The third-order valence-electron chi connectivity index (χ3n) is 3.54. The monoisotopic (exact) mass is 292 g/mol. The van der Waals surface area contributed by atoms with Gasteiger partial charge >= 0.3 is 0 Å². The third-order valence-corrected chi connectivity index (χ3v) is 4.80. The minimum absolute atomic E-state index is 0.550. The average Bonchev–Trinajstić information content (AvgIpc) is 2.95. The van der Waals surface area contributed by atoms with Crippen molar-refractivity contribution in [3.8, 4) is 0 Å².